The minimum absolute atomic E-state index is 0.000224. The average Bonchev–Trinajstić information content (AvgIpc) is 2.32. The molecule has 0 saturated heterocycles. The summed E-state index contributed by atoms with van der Waals surface area (Å²) in [7, 11) is 0. The maximum absolute atomic E-state index is 13.2. The van der Waals surface area contributed by atoms with E-state index in [-0.39, 0.29) is 21.7 Å². The van der Waals surface area contributed by atoms with Crippen molar-refractivity contribution in [1.29, 1.82) is 0 Å². The van der Waals surface area contributed by atoms with Gasteiger partial charge < -0.3 is 0 Å². The number of benzene rings is 1. The lowest BCUT2D eigenvalue weighted by atomic mass is 10.2. The third-order valence-electron chi connectivity index (χ3n) is 2.04. The Morgan fingerprint density at radius 3 is 2.78 bits per heavy atom. The number of rotatable bonds is 2. The number of anilines is 1. The summed E-state index contributed by atoms with van der Waals surface area (Å²) in [6.45, 7) is 0. The highest BCUT2D eigenvalue weighted by molar-refractivity contribution is 6.34. The number of nitrogens with one attached hydrogen (secondary N) is 1. The van der Waals surface area contributed by atoms with E-state index in [0.29, 0.717) is 0 Å². The van der Waals surface area contributed by atoms with Crippen LogP contribution in [0.3, 0.4) is 0 Å². The topological polar surface area (TPSA) is 54.9 Å². The lowest BCUT2D eigenvalue weighted by Crippen LogP contribution is -2.15. The minimum Gasteiger partial charge on any atom is -0.290 e. The molecule has 2 rings (SSSR count). The third-order valence-corrected chi connectivity index (χ3v) is 2.64. The van der Waals surface area contributed by atoms with E-state index in [2.05, 4.69) is 15.3 Å². The first-order valence-electron chi connectivity index (χ1n) is 4.82. The molecule has 0 saturated carbocycles. The van der Waals surface area contributed by atoms with Crippen LogP contribution in [-0.4, -0.2) is 15.9 Å². The van der Waals surface area contributed by atoms with Crippen molar-refractivity contribution >= 4 is 35.1 Å². The van der Waals surface area contributed by atoms with E-state index in [1.54, 1.807) is 0 Å². The average molecular weight is 286 g/mol. The van der Waals surface area contributed by atoms with Crippen molar-refractivity contribution in [2.75, 3.05) is 5.32 Å². The van der Waals surface area contributed by atoms with Crippen LogP contribution >= 0.6 is 23.2 Å². The van der Waals surface area contributed by atoms with E-state index in [1.807, 2.05) is 0 Å². The van der Waals surface area contributed by atoms with Crippen LogP contribution in [-0.2, 0) is 0 Å². The van der Waals surface area contributed by atoms with Gasteiger partial charge in [0.05, 0.1) is 10.6 Å². The molecule has 0 aliphatic carbocycles. The van der Waals surface area contributed by atoms with Crippen molar-refractivity contribution in [3.05, 3.63) is 52.0 Å². The molecule has 4 nitrogen and oxygen atoms in total. The molecule has 18 heavy (non-hydrogen) atoms. The summed E-state index contributed by atoms with van der Waals surface area (Å²) in [5.74, 6) is -1.26. The third kappa shape index (κ3) is 2.75. The van der Waals surface area contributed by atoms with Gasteiger partial charge in [0.25, 0.3) is 5.91 Å². The number of amides is 1. The van der Waals surface area contributed by atoms with Gasteiger partial charge in [-0.1, -0.05) is 29.3 Å². The van der Waals surface area contributed by atoms with Gasteiger partial charge in [-0.2, -0.15) is 0 Å². The van der Waals surface area contributed by atoms with Crippen LogP contribution in [0.5, 0.6) is 0 Å². The molecule has 0 atom stereocenters. The fourth-order valence-corrected chi connectivity index (χ4v) is 1.59. The summed E-state index contributed by atoms with van der Waals surface area (Å²) in [5, 5.41) is 2.30. The zero-order chi connectivity index (χ0) is 13.1. The summed E-state index contributed by atoms with van der Waals surface area (Å²) in [6.07, 6.45) is 1.39. The molecule has 92 valence electrons. The maximum Gasteiger partial charge on any atom is 0.259 e. The van der Waals surface area contributed by atoms with Crippen molar-refractivity contribution < 1.29 is 9.18 Å². The molecule has 1 N–H and O–H groups in total. The molecule has 0 aliphatic rings. The largest absolute Gasteiger partial charge is 0.290 e. The van der Waals surface area contributed by atoms with E-state index >= 15 is 0 Å². The zero-order valence-corrected chi connectivity index (χ0v) is 10.3. The number of nitrogens with zero attached hydrogens (tertiary/aromatic N) is 2. The summed E-state index contributed by atoms with van der Waals surface area (Å²) in [4.78, 5) is 19.4. The summed E-state index contributed by atoms with van der Waals surface area (Å²) < 4.78 is 13.2. The number of hydrogen-bond donors (Lipinski definition) is 1. The number of aromatic nitrogens is 2. The van der Waals surface area contributed by atoms with Crippen LogP contribution in [0.4, 0.5) is 10.3 Å². The van der Waals surface area contributed by atoms with Gasteiger partial charge in [0.15, 0.2) is 0 Å². The van der Waals surface area contributed by atoms with Gasteiger partial charge in [-0.25, -0.2) is 14.4 Å². The maximum atomic E-state index is 13.2. The summed E-state index contributed by atoms with van der Waals surface area (Å²) in [6, 6.07) is 5.40. The molecule has 0 aliphatic heterocycles. The molecule has 1 heterocycles. The van der Waals surface area contributed by atoms with Gasteiger partial charge in [0, 0.05) is 6.20 Å². The fourth-order valence-electron chi connectivity index (χ4n) is 1.24. The van der Waals surface area contributed by atoms with Crippen LogP contribution in [0.1, 0.15) is 10.4 Å². The number of carbonyl (C=O) groups excluding carboxylic acids is 1. The first-order valence-corrected chi connectivity index (χ1v) is 5.57. The number of carbonyl (C=O) groups is 1. The summed E-state index contributed by atoms with van der Waals surface area (Å²) >= 11 is 11.3. The standard InChI is InChI=1S/C11H6Cl2FN3O/c12-8-4-5-15-11(16-8)17-10(18)6-2-1-3-7(14)9(6)13/h1-5H,(H,15,16,17,18). The highest BCUT2D eigenvalue weighted by atomic mass is 35.5. The number of hydrogen-bond acceptors (Lipinski definition) is 3. The Balaban J connectivity index is 2.25. The SMILES string of the molecule is O=C(Nc1nccc(Cl)n1)c1cccc(F)c1Cl. The van der Waals surface area contributed by atoms with Crippen molar-refractivity contribution in [3.8, 4) is 0 Å². The van der Waals surface area contributed by atoms with Crippen LogP contribution in [0, 0.1) is 5.82 Å². The molecule has 1 aromatic carbocycles. The van der Waals surface area contributed by atoms with Crippen molar-refractivity contribution in [3.63, 3.8) is 0 Å². The summed E-state index contributed by atoms with van der Waals surface area (Å²) in [5.41, 5.74) is 0.000224. The quantitative estimate of drug-likeness (QED) is 0.863. The molecule has 0 unspecified atom stereocenters. The normalized spacial score (nSPS) is 10.2. The van der Waals surface area contributed by atoms with E-state index < -0.39 is 11.7 Å². The Kier molecular flexibility index (Phi) is 3.74. The molecule has 0 fully saturated rings. The molecule has 1 amide bonds. The van der Waals surface area contributed by atoms with E-state index in [9.17, 15) is 9.18 Å². The van der Waals surface area contributed by atoms with E-state index in [0.717, 1.165) is 6.07 Å². The Morgan fingerprint density at radius 1 is 1.28 bits per heavy atom. The van der Waals surface area contributed by atoms with Gasteiger partial charge in [-0.15, -0.1) is 0 Å². The lowest BCUT2D eigenvalue weighted by Gasteiger charge is -2.05. The van der Waals surface area contributed by atoms with Crippen molar-refractivity contribution in [2.24, 2.45) is 0 Å². The molecule has 7 heteroatoms. The van der Waals surface area contributed by atoms with Gasteiger partial charge in [0.1, 0.15) is 11.0 Å². The second-order valence-corrected chi connectivity index (χ2v) is 4.02. The van der Waals surface area contributed by atoms with Gasteiger partial charge in [-0.05, 0) is 18.2 Å². The highest BCUT2D eigenvalue weighted by Gasteiger charge is 2.14. The van der Waals surface area contributed by atoms with Crippen LogP contribution in [0.2, 0.25) is 10.2 Å². The van der Waals surface area contributed by atoms with Crippen molar-refractivity contribution in [1.82, 2.24) is 9.97 Å². The van der Waals surface area contributed by atoms with Crippen LogP contribution in [0.25, 0.3) is 0 Å². The fraction of sp³-hybridized carbons (Fsp3) is 0. The Labute approximate surface area is 112 Å². The Morgan fingerprint density at radius 2 is 2.06 bits per heavy atom. The Bertz CT molecular complexity index is 607. The molecule has 1 aromatic heterocycles. The zero-order valence-electron chi connectivity index (χ0n) is 8.82. The molecular weight excluding hydrogens is 280 g/mol. The monoisotopic (exact) mass is 285 g/mol. The molecular formula is C11H6Cl2FN3O. The highest BCUT2D eigenvalue weighted by Crippen LogP contribution is 2.20. The second kappa shape index (κ2) is 5.29. The molecule has 0 spiro atoms. The second-order valence-electron chi connectivity index (χ2n) is 3.26. The predicted octanol–water partition coefficient (Wildman–Crippen LogP) is 3.17. The van der Waals surface area contributed by atoms with Crippen LogP contribution < -0.4 is 5.32 Å². The Hall–Kier alpha value is -1.72. The van der Waals surface area contributed by atoms with E-state index in [1.165, 1.54) is 24.4 Å². The van der Waals surface area contributed by atoms with Gasteiger partial charge in [-0.3, -0.25) is 10.1 Å². The molecule has 2 aromatic rings. The molecule has 0 radical (unpaired) electrons. The first kappa shape index (κ1) is 12.7. The van der Waals surface area contributed by atoms with Gasteiger partial charge >= 0.3 is 0 Å². The van der Waals surface area contributed by atoms with Gasteiger partial charge in [0.2, 0.25) is 5.95 Å². The molecule has 0 bridgehead atoms. The first-order chi connectivity index (χ1) is 8.58. The van der Waals surface area contributed by atoms with Crippen molar-refractivity contribution in [2.45, 2.75) is 0 Å². The smallest absolute Gasteiger partial charge is 0.259 e. The lowest BCUT2D eigenvalue weighted by molar-refractivity contribution is 0.102. The minimum atomic E-state index is -0.670. The number of halogens is 3. The van der Waals surface area contributed by atoms with E-state index in [4.69, 9.17) is 23.2 Å². The predicted molar refractivity (Wildman–Crippen MR) is 66.4 cm³/mol. The van der Waals surface area contributed by atoms with Crippen LogP contribution in [0.15, 0.2) is 30.5 Å².